The molecule has 8 heteroatoms. The second-order valence-electron chi connectivity index (χ2n) is 7.03. The van der Waals surface area contributed by atoms with E-state index in [1.165, 1.54) is 23.5 Å². The zero-order valence-corrected chi connectivity index (χ0v) is 18.5. The number of hydrogen-bond donors (Lipinski definition) is 2. The van der Waals surface area contributed by atoms with Crippen molar-refractivity contribution in [1.29, 1.82) is 0 Å². The number of nitrogens with zero attached hydrogens (tertiary/aromatic N) is 1. The highest BCUT2D eigenvalue weighted by molar-refractivity contribution is 7.89. The molecule has 1 amide bonds. The van der Waals surface area contributed by atoms with Crippen molar-refractivity contribution in [3.8, 4) is 0 Å². The molecule has 30 heavy (non-hydrogen) atoms. The van der Waals surface area contributed by atoms with Crippen molar-refractivity contribution in [2.75, 3.05) is 20.6 Å². The summed E-state index contributed by atoms with van der Waals surface area (Å²) in [6.07, 6.45) is 0. The molecule has 158 valence electrons. The van der Waals surface area contributed by atoms with Crippen molar-refractivity contribution in [1.82, 2.24) is 14.9 Å². The molecular weight excluding hydrogens is 418 g/mol. The van der Waals surface area contributed by atoms with Crippen molar-refractivity contribution in [2.24, 2.45) is 0 Å². The quantitative estimate of drug-likeness (QED) is 0.532. The molecule has 0 aliphatic heterocycles. The zero-order chi connectivity index (χ0) is 21.6. The third kappa shape index (κ3) is 5.76. The Kier molecular flexibility index (Phi) is 7.38. The number of amides is 1. The van der Waals surface area contributed by atoms with Crippen LogP contribution in [0.2, 0.25) is 0 Å². The van der Waals surface area contributed by atoms with Gasteiger partial charge in [-0.1, -0.05) is 42.5 Å². The fourth-order valence-corrected chi connectivity index (χ4v) is 4.82. The fourth-order valence-electron chi connectivity index (χ4n) is 3.03. The maximum absolute atomic E-state index is 12.7. The highest BCUT2D eigenvalue weighted by atomic mass is 32.2. The SMILES string of the molecule is CN(C)C(CNC(=O)c1cccc(S(=O)(=O)NCc2cccs2)c1)c1ccccc1. The summed E-state index contributed by atoms with van der Waals surface area (Å²) < 4.78 is 27.8. The Hall–Kier alpha value is -2.52. The van der Waals surface area contributed by atoms with Crippen LogP contribution in [0.3, 0.4) is 0 Å². The minimum absolute atomic E-state index is 0.00882. The highest BCUT2D eigenvalue weighted by Gasteiger charge is 2.18. The number of likely N-dealkylation sites (N-methyl/N-ethyl adjacent to an activating group) is 1. The van der Waals surface area contributed by atoms with Crippen LogP contribution >= 0.6 is 11.3 Å². The van der Waals surface area contributed by atoms with Gasteiger partial charge in [0.25, 0.3) is 5.91 Å². The van der Waals surface area contributed by atoms with Crippen LogP contribution in [0, 0.1) is 0 Å². The molecule has 1 unspecified atom stereocenters. The van der Waals surface area contributed by atoms with E-state index in [1.807, 2.05) is 66.8 Å². The molecule has 0 radical (unpaired) electrons. The highest BCUT2D eigenvalue weighted by Crippen LogP contribution is 2.18. The summed E-state index contributed by atoms with van der Waals surface area (Å²) in [6.45, 7) is 0.626. The van der Waals surface area contributed by atoms with Gasteiger partial charge >= 0.3 is 0 Å². The van der Waals surface area contributed by atoms with Gasteiger partial charge in [-0.05, 0) is 49.3 Å². The predicted molar refractivity (Wildman–Crippen MR) is 120 cm³/mol. The number of carbonyl (C=O) groups excluding carboxylic acids is 1. The lowest BCUT2D eigenvalue weighted by Crippen LogP contribution is -2.34. The van der Waals surface area contributed by atoms with Crippen LogP contribution in [-0.4, -0.2) is 39.9 Å². The summed E-state index contributed by atoms with van der Waals surface area (Å²) in [5, 5.41) is 4.81. The number of carbonyl (C=O) groups is 1. The van der Waals surface area contributed by atoms with E-state index in [-0.39, 0.29) is 23.4 Å². The molecular formula is C22H25N3O3S2. The molecule has 3 aromatic rings. The van der Waals surface area contributed by atoms with Gasteiger partial charge in [-0.2, -0.15) is 0 Å². The Bertz CT molecular complexity index is 1070. The van der Waals surface area contributed by atoms with E-state index in [4.69, 9.17) is 0 Å². The van der Waals surface area contributed by atoms with Gasteiger partial charge < -0.3 is 10.2 Å². The summed E-state index contributed by atoms with van der Waals surface area (Å²) in [5.41, 5.74) is 1.40. The number of sulfonamides is 1. The third-order valence-electron chi connectivity index (χ3n) is 4.69. The molecule has 2 aromatic carbocycles. The number of nitrogens with one attached hydrogen (secondary N) is 2. The van der Waals surface area contributed by atoms with Gasteiger partial charge in [0.2, 0.25) is 10.0 Å². The van der Waals surface area contributed by atoms with Crippen molar-refractivity contribution < 1.29 is 13.2 Å². The number of hydrogen-bond acceptors (Lipinski definition) is 5. The smallest absolute Gasteiger partial charge is 0.251 e. The second kappa shape index (κ2) is 9.99. The molecule has 0 fully saturated rings. The van der Waals surface area contributed by atoms with Crippen LogP contribution in [0.25, 0.3) is 0 Å². The van der Waals surface area contributed by atoms with Gasteiger partial charge in [0.1, 0.15) is 0 Å². The van der Waals surface area contributed by atoms with Crippen LogP contribution in [0.1, 0.15) is 26.8 Å². The van der Waals surface area contributed by atoms with E-state index in [0.29, 0.717) is 12.1 Å². The number of benzene rings is 2. The Morgan fingerprint density at radius 2 is 1.80 bits per heavy atom. The minimum atomic E-state index is -3.71. The average Bonchev–Trinajstić information content (AvgIpc) is 3.27. The van der Waals surface area contributed by atoms with Gasteiger partial charge in [0, 0.05) is 23.5 Å². The van der Waals surface area contributed by atoms with Gasteiger partial charge in [-0.3, -0.25) is 4.79 Å². The molecule has 0 saturated heterocycles. The molecule has 0 bridgehead atoms. The molecule has 0 spiro atoms. The monoisotopic (exact) mass is 443 g/mol. The molecule has 1 atom stereocenters. The first-order valence-corrected chi connectivity index (χ1v) is 11.8. The molecule has 6 nitrogen and oxygen atoms in total. The van der Waals surface area contributed by atoms with E-state index in [0.717, 1.165) is 10.4 Å². The molecule has 1 heterocycles. The van der Waals surface area contributed by atoms with E-state index >= 15 is 0 Å². The van der Waals surface area contributed by atoms with Gasteiger partial charge in [-0.15, -0.1) is 11.3 Å². The Morgan fingerprint density at radius 3 is 2.47 bits per heavy atom. The van der Waals surface area contributed by atoms with Crippen molar-refractivity contribution >= 4 is 27.3 Å². The molecule has 0 saturated carbocycles. The van der Waals surface area contributed by atoms with Crippen molar-refractivity contribution in [2.45, 2.75) is 17.5 Å². The van der Waals surface area contributed by atoms with E-state index in [2.05, 4.69) is 10.0 Å². The van der Waals surface area contributed by atoms with Crippen LogP contribution < -0.4 is 10.0 Å². The van der Waals surface area contributed by atoms with Crippen LogP contribution in [0.15, 0.2) is 77.0 Å². The zero-order valence-electron chi connectivity index (χ0n) is 16.9. The van der Waals surface area contributed by atoms with Gasteiger partial charge in [0.05, 0.1) is 10.9 Å². The maximum Gasteiger partial charge on any atom is 0.251 e. The lowest BCUT2D eigenvalue weighted by Gasteiger charge is -2.25. The Morgan fingerprint density at radius 1 is 1.03 bits per heavy atom. The first-order valence-electron chi connectivity index (χ1n) is 9.48. The van der Waals surface area contributed by atoms with Crippen molar-refractivity contribution in [3.63, 3.8) is 0 Å². The normalized spacial score (nSPS) is 12.6. The lowest BCUT2D eigenvalue weighted by molar-refractivity contribution is 0.0941. The molecule has 0 aliphatic carbocycles. The standard InChI is InChI=1S/C22H25N3O3S2/c1-25(2)21(17-8-4-3-5-9-17)16-23-22(26)18-10-6-12-20(14-18)30(27,28)24-15-19-11-7-13-29-19/h3-14,21,24H,15-16H2,1-2H3,(H,23,26). The van der Waals surface area contributed by atoms with Gasteiger partial charge in [0.15, 0.2) is 0 Å². The third-order valence-corrected chi connectivity index (χ3v) is 6.96. The summed E-state index contributed by atoms with van der Waals surface area (Å²) >= 11 is 1.48. The Balaban J connectivity index is 1.68. The fraction of sp³-hybridized carbons (Fsp3) is 0.227. The van der Waals surface area contributed by atoms with Crippen LogP contribution in [-0.2, 0) is 16.6 Å². The van der Waals surface area contributed by atoms with E-state index < -0.39 is 10.0 Å². The largest absolute Gasteiger partial charge is 0.350 e. The molecule has 1 aromatic heterocycles. The van der Waals surface area contributed by atoms with E-state index in [9.17, 15) is 13.2 Å². The average molecular weight is 444 g/mol. The van der Waals surface area contributed by atoms with Crippen molar-refractivity contribution in [3.05, 3.63) is 88.1 Å². The summed E-state index contributed by atoms with van der Waals surface area (Å²) in [5.74, 6) is -0.312. The first kappa shape index (κ1) is 22.2. The first-order chi connectivity index (χ1) is 14.4. The summed E-state index contributed by atoms with van der Waals surface area (Å²) in [6, 6.07) is 19.7. The molecule has 2 N–H and O–H groups in total. The lowest BCUT2D eigenvalue weighted by atomic mass is 10.1. The summed E-state index contributed by atoms with van der Waals surface area (Å²) in [4.78, 5) is 15.7. The number of thiophene rings is 1. The summed E-state index contributed by atoms with van der Waals surface area (Å²) in [7, 11) is 0.198. The molecule has 0 aliphatic rings. The molecule has 3 rings (SSSR count). The Labute approximate surface area is 181 Å². The van der Waals surface area contributed by atoms with Crippen LogP contribution in [0.5, 0.6) is 0 Å². The minimum Gasteiger partial charge on any atom is -0.350 e. The topological polar surface area (TPSA) is 78.5 Å². The van der Waals surface area contributed by atoms with Crippen LogP contribution in [0.4, 0.5) is 0 Å². The van der Waals surface area contributed by atoms with Gasteiger partial charge in [-0.25, -0.2) is 13.1 Å². The second-order valence-corrected chi connectivity index (χ2v) is 9.83. The maximum atomic E-state index is 12.7. The van der Waals surface area contributed by atoms with E-state index in [1.54, 1.807) is 12.1 Å². The predicted octanol–water partition coefficient (Wildman–Crippen LogP) is 3.26. The number of rotatable bonds is 9.